The Balaban J connectivity index is 1.64. The number of benzene rings is 3. The first-order valence-electron chi connectivity index (χ1n) is 17.3. The molecule has 288 valence electrons. The summed E-state index contributed by atoms with van der Waals surface area (Å²) in [5, 5.41) is 17.6. The van der Waals surface area contributed by atoms with E-state index in [0.29, 0.717) is 17.8 Å². The summed E-state index contributed by atoms with van der Waals surface area (Å²) in [5.41, 5.74) is 2.87. The lowest BCUT2D eigenvalue weighted by atomic mass is 9.96. The molecular weight excluding hydrogens is 732 g/mol. The second-order valence-electron chi connectivity index (χ2n) is 15.1. The zero-order chi connectivity index (χ0) is 40.0. The fraction of sp³-hybridized carbons (Fsp3) is 0.359. The average Bonchev–Trinajstić information content (AvgIpc) is 3.06. The van der Waals surface area contributed by atoms with Crippen molar-refractivity contribution in [2.24, 2.45) is 0 Å². The van der Waals surface area contributed by atoms with Crippen molar-refractivity contribution in [2.75, 3.05) is 19.0 Å². The van der Waals surface area contributed by atoms with Gasteiger partial charge in [0.15, 0.2) is 5.75 Å². The number of anilines is 1. The van der Waals surface area contributed by atoms with Gasteiger partial charge >= 0.3 is 12.2 Å². The third kappa shape index (κ3) is 11.4. The lowest BCUT2D eigenvalue weighted by Gasteiger charge is -2.23. The largest absolute Gasteiger partial charge is 0.511 e. The minimum Gasteiger partial charge on any atom is -0.449 e. The van der Waals surface area contributed by atoms with Crippen LogP contribution < -0.4 is 26.1 Å². The van der Waals surface area contributed by atoms with E-state index >= 15 is 0 Å². The second-order valence-corrected chi connectivity index (χ2v) is 21.1. The van der Waals surface area contributed by atoms with Gasteiger partial charge in [0.25, 0.3) is 5.91 Å². The van der Waals surface area contributed by atoms with Gasteiger partial charge in [-0.1, -0.05) is 55.5 Å². The highest BCUT2D eigenvalue weighted by Gasteiger charge is 2.26. The maximum atomic E-state index is 13.6. The lowest BCUT2D eigenvalue weighted by molar-refractivity contribution is -0.118. The zero-order valence-electron chi connectivity index (χ0n) is 31.7. The summed E-state index contributed by atoms with van der Waals surface area (Å²) in [7, 11) is 0.115. The number of carbonyl (C=O) groups excluding carboxylic acids is 3. The molecule has 3 aromatic carbocycles. The number of carbonyl (C=O) groups is 4. The van der Waals surface area contributed by atoms with Crippen LogP contribution in [-0.4, -0.2) is 67.1 Å². The summed E-state index contributed by atoms with van der Waals surface area (Å²) in [6, 6.07) is 15.3. The highest BCUT2D eigenvalue weighted by atomic mass is 35.5. The monoisotopic (exact) mass is 778 g/mol. The van der Waals surface area contributed by atoms with Gasteiger partial charge < -0.3 is 39.8 Å². The van der Waals surface area contributed by atoms with Crippen LogP contribution in [0.4, 0.5) is 15.3 Å². The van der Waals surface area contributed by atoms with Crippen LogP contribution >= 0.6 is 11.6 Å². The Morgan fingerprint density at radius 3 is 2.28 bits per heavy atom. The normalized spacial score (nSPS) is 12.2. The molecule has 4 rings (SSSR count). The van der Waals surface area contributed by atoms with Crippen LogP contribution in [0, 0.1) is 6.92 Å². The quantitative estimate of drug-likeness (QED) is 0.0611. The molecule has 0 bridgehead atoms. The highest BCUT2D eigenvalue weighted by molar-refractivity contribution is 6.76. The molecule has 0 spiro atoms. The van der Waals surface area contributed by atoms with Crippen LogP contribution in [-0.2, 0) is 27.4 Å². The van der Waals surface area contributed by atoms with Gasteiger partial charge in [0.1, 0.15) is 18.4 Å². The summed E-state index contributed by atoms with van der Waals surface area (Å²) in [5.74, 6) is -1.22. The minimum atomic E-state index is -1.59. The van der Waals surface area contributed by atoms with E-state index in [0.717, 1.165) is 28.3 Å². The molecule has 13 nitrogen and oxygen atoms in total. The third-order valence-corrected chi connectivity index (χ3v) is 10.3. The van der Waals surface area contributed by atoms with Gasteiger partial charge in [0.05, 0.1) is 22.3 Å². The SMILES string of the molecule is CNC(=O)c1ccc(NC(=O)[C@H](Cc2ccc(-c3cc4c(cc3C)c(=O)c(OC(=O)O)cn4COCC[Si](C)(C)C)cc2)NC(=O)OC(C)(C)C)cc1Cl. The molecule has 54 heavy (non-hydrogen) atoms. The topological polar surface area (TPSA) is 174 Å². The first kappa shape index (κ1) is 41.6. The molecule has 15 heteroatoms. The van der Waals surface area contributed by atoms with E-state index < -0.39 is 43.3 Å². The number of alkyl carbamates (subject to hydrolysis) is 1. The number of hydrogen-bond donors (Lipinski definition) is 4. The number of nitrogens with one attached hydrogen (secondary N) is 3. The number of carboxylic acid groups (broad SMARTS) is 1. The van der Waals surface area contributed by atoms with E-state index in [-0.39, 0.29) is 40.8 Å². The lowest BCUT2D eigenvalue weighted by Crippen LogP contribution is -2.47. The van der Waals surface area contributed by atoms with Crippen LogP contribution in [0.2, 0.25) is 30.7 Å². The number of aryl methyl sites for hydroxylation is 1. The Morgan fingerprint density at radius 2 is 1.69 bits per heavy atom. The first-order valence-corrected chi connectivity index (χ1v) is 21.4. The van der Waals surface area contributed by atoms with E-state index in [1.165, 1.54) is 25.4 Å². The predicted molar refractivity (Wildman–Crippen MR) is 211 cm³/mol. The molecule has 0 aliphatic carbocycles. The number of rotatable bonds is 13. The van der Waals surface area contributed by atoms with Crippen molar-refractivity contribution >= 4 is 60.3 Å². The molecule has 1 atom stereocenters. The van der Waals surface area contributed by atoms with Crippen LogP contribution in [0.5, 0.6) is 5.75 Å². The predicted octanol–water partition coefficient (Wildman–Crippen LogP) is 7.43. The molecule has 0 unspecified atom stereocenters. The number of hydrogen-bond acceptors (Lipinski definition) is 8. The molecule has 4 aromatic rings. The van der Waals surface area contributed by atoms with Crippen molar-refractivity contribution in [1.82, 2.24) is 15.2 Å². The molecule has 4 N–H and O–H groups in total. The van der Waals surface area contributed by atoms with Crippen molar-refractivity contribution in [3.63, 3.8) is 0 Å². The van der Waals surface area contributed by atoms with E-state index in [1.54, 1.807) is 37.5 Å². The minimum absolute atomic E-state index is 0.0806. The van der Waals surface area contributed by atoms with Gasteiger partial charge in [-0.2, -0.15) is 0 Å². The maximum absolute atomic E-state index is 13.6. The first-order chi connectivity index (χ1) is 25.2. The Morgan fingerprint density at radius 1 is 1.00 bits per heavy atom. The molecule has 1 heterocycles. The van der Waals surface area contributed by atoms with E-state index in [4.69, 9.17) is 25.8 Å². The van der Waals surface area contributed by atoms with Gasteiger partial charge in [-0.25, -0.2) is 9.59 Å². The van der Waals surface area contributed by atoms with Gasteiger partial charge in [-0.05, 0) is 86.3 Å². The smallest absolute Gasteiger partial charge is 0.449 e. The summed E-state index contributed by atoms with van der Waals surface area (Å²) in [4.78, 5) is 63.1. The van der Waals surface area contributed by atoms with Crippen molar-refractivity contribution in [2.45, 2.75) is 78.2 Å². The van der Waals surface area contributed by atoms with Crippen LogP contribution in [0.15, 0.2) is 65.6 Å². The third-order valence-electron chi connectivity index (χ3n) is 8.24. The molecule has 0 aliphatic heterocycles. The molecule has 0 saturated carbocycles. The van der Waals surface area contributed by atoms with Crippen LogP contribution in [0.25, 0.3) is 22.0 Å². The van der Waals surface area contributed by atoms with E-state index in [9.17, 15) is 29.1 Å². The second kappa shape index (κ2) is 17.3. The summed E-state index contributed by atoms with van der Waals surface area (Å²) < 4.78 is 17.9. The van der Waals surface area contributed by atoms with Crippen LogP contribution in [0.1, 0.15) is 42.3 Å². The number of pyridine rings is 1. The number of halogens is 1. The van der Waals surface area contributed by atoms with Crippen molar-refractivity contribution < 1.29 is 38.5 Å². The Bertz CT molecular complexity index is 2110. The number of aromatic nitrogens is 1. The average molecular weight is 779 g/mol. The Hall–Kier alpha value is -5.18. The number of fused-ring (bicyclic) bond motifs is 1. The summed E-state index contributed by atoms with van der Waals surface area (Å²) in [6.07, 6.45) is -0.908. The standard InChI is InChI=1S/C39H47ClN4O9Si/c1-23-17-29-32(44(22-51-15-16-54(6,7)8)21-33(34(29)45)52-38(49)50)20-28(23)25-11-9-24(10-12-25)18-31(43-37(48)53-39(2,3)4)36(47)42-26-13-14-27(30(40)19-26)35(46)41-5/h9-14,17,19-21,31H,15-16,18,22H2,1-8H3,(H,41,46)(H,42,47)(H,43,48)(H,49,50)/t31-/m0/s1. The van der Waals surface area contributed by atoms with Crippen molar-refractivity contribution in [3.05, 3.63) is 92.7 Å². The Labute approximate surface area is 320 Å². The molecule has 1 aromatic heterocycles. The fourth-order valence-corrected chi connectivity index (χ4v) is 6.52. The molecule has 0 saturated heterocycles. The van der Waals surface area contributed by atoms with E-state index in [2.05, 4.69) is 35.6 Å². The van der Waals surface area contributed by atoms with Crippen molar-refractivity contribution in [3.8, 4) is 16.9 Å². The highest BCUT2D eigenvalue weighted by Crippen LogP contribution is 2.30. The zero-order valence-corrected chi connectivity index (χ0v) is 33.5. The number of ether oxygens (including phenoxy) is 3. The fourth-order valence-electron chi connectivity index (χ4n) is 5.50. The van der Waals surface area contributed by atoms with Crippen LogP contribution in [0.3, 0.4) is 0 Å². The summed E-state index contributed by atoms with van der Waals surface area (Å²) in [6.45, 7) is 14.3. The number of nitrogens with zero attached hydrogens (tertiary/aromatic N) is 1. The van der Waals surface area contributed by atoms with Gasteiger partial charge in [0, 0.05) is 39.2 Å². The van der Waals surface area contributed by atoms with Gasteiger partial charge in [-0.3, -0.25) is 14.4 Å². The molecule has 0 aliphatic rings. The molecule has 3 amide bonds. The van der Waals surface area contributed by atoms with Crippen molar-refractivity contribution in [1.29, 1.82) is 0 Å². The maximum Gasteiger partial charge on any atom is 0.511 e. The molecular formula is C39H47ClN4O9Si. The molecule has 0 radical (unpaired) electrons. The van der Waals surface area contributed by atoms with Gasteiger partial charge in [-0.15, -0.1) is 0 Å². The number of amides is 3. The molecule has 0 fully saturated rings. The van der Waals surface area contributed by atoms with E-state index in [1.807, 2.05) is 37.3 Å². The van der Waals surface area contributed by atoms with Gasteiger partial charge in [0.2, 0.25) is 11.3 Å². The summed E-state index contributed by atoms with van der Waals surface area (Å²) >= 11 is 6.30. The Kier molecular flexibility index (Phi) is 13.3.